The van der Waals surface area contributed by atoms with Crippen LogP contribution in [-0.4, -0.2) is 51.0 Å². The van der Waals surface area contributed by atoms with Crippen LogP contribution >= 0.6 is 23.1 Å². The summed E-state index contributed by atoms with van der Waals surface area (Å²) in [6.45, 7) is 1.54. The van der Waals surface area contributed by atoms with Crippen molar-refractivity contribution in [1.29, 1.82) is 0 Å². The highest BCUT2D eigenvalue weighted by atomic mass is 32.2. The number of carboxylic acid groups (broad SMARTS) is 1. The fourth-order valence-corrected chi connectivity index (χ4v) is 2.99. The molecule has 1 aromatic heterocycles. The molecule has 1 fully saturated rings. The molecule has 1 aliphatic rings. The lowest BCUT2D eigenvalue weighted by Gasteiger charge is -2.14. The van der Waals surface area contributed by atoms with Crippen LogP contribution < -0.4 is 5.32 Å². The van der Waals surface area contributed by atoms with Crippen LogP contribution in [-0.2, 0) is 4.79 Å². The number of amides is 2. The predicted molar refractivity (Wildman–Crippen MR) is 68.1 cm³/mol. The molecular formula is C9H12N4O3S2. The Hall–Kier alpha value is -1.35. The van der Waals surface area contributed by atoms with Gasteiger partial charge < -0.3 is 10.0 Å². The van der Waals surface area contributed by atoms with E-state index in [1.165, 1.54) is 11.3 Å². The van der Waals surface area contributed by atoms with Gasteiger partial charge in [0.1, 0.15) is 0 Å². The molecule has 18 heavy (non-hydrogen) atoms. The predicted octanol–water partition coefficient (Wildman–Crippen LogP) is 1.34. The molecule has 2 rings (SSSR count). The number of urea groups is 1. The lowest BCUT2D eigenvalue weighted by Crippen LogP contribution is -2.32. The topological polar surface area (TPSA) is 95.4 Å². The molecule has 0 unspecified atom stereocenters. The number of aliphatic carboxylic acids is 1. The summed E-state index contributed by atoms with van der Waals surface area (Å²) in [6, 6.07) is -0.168. The maximum absolute atomic E-state index is 11.7. The minimum atomic E-state index is -0.905. The summed E-state index contributed by atoms with van der Waals surface area (Å²) in [5.74, 6) is -0.966. The Labute approximate surface area is 112 Å². The highest BCUT2D eigenvalue weighted by Gasteiger charge is 2.19. The zero-order valence-electron chi connectivity index (χ0n) is 9.46. The van der Waals surface area contributed by atoms with E-state index in [1.54, 1.807) is 4.90 Å². The number of nitrogens with zero attached hydrogens (tertiary/aromatic N) is 3. The van der Waals surface area contributed by atoms with Crippen molar-refractivity contribution >= 4 is 40.2 Å². The molecule has 0 saturated carbocycles. The number of nitrogens with one attached hydrogen (secondary N) is 1. The van der Waals surface area contributed by atoms with Gasteiger partial charge >= 0.3 is 12.0 Å². The summed E-state index contributed by atoms with van der Waals surface area (Å²) in [7, 11) is 0. The van der Waals surface area contributed by atoms with E-state index in [0.717, 1.165) is 37.7 Å². The van der Waals surface area contributed by atoms with Gasteiger partial charge in [0, 0.05) is 13.1 Å². The number of anilines is 1. The number of likely N-dealkylation sites (tertiary alicyclic amines) is 1. The molecule has 0 aliphatic carbocycles. The van der Waals surface area contributed by atoms with Gasteiger partial charge in [-0.05, 0) is 12.8 Å². The molecule has 2 amide bonds. The Bertz CT molecular complexity index is 445. The van der Waals surface area contributed by atoms with Gasteiger partial charge in [-0.15, -0.1) is 10.2 Å². The number of hydrogen-bond donors (Lipinski definition) is 2. The third kappa shape index (κ3) is 3.57. The second-order valence-corrected chi connectivity index (χ2v) is 5.88. The van der Waals surface area contributed by atoms with Crippen molar-refractivity contribution in [2.75, 3.05) is 24.2 Å². The summed E-state index contributed by atoms with van der Waals surface area (Å²) in [5, 5.41) is 19.2. The average Bonchev–Trinajstić information content (AvgIpc) is 2.97. The Morgan fingerprint density at radius 2 is 2.11 bits per heavy atom. The van der Waals surface area contributed by atoms with Crippen molar-refractivity contribution in [3.8, 4) is 0 Å². The first kappa shape index (κ1) is 13.1. The first-order chi connectivity index (χ1) is 8.65. The Kier molecular flexibility index (Phi) is 4.37. The molecule has 7 nitrogen and oxygen atoms in total. The van der Waals surface area contributed by atoms with Crippen molar-refractivity contribution in [3.63, 3.8) is 0 Å². The fraction of sp³-hybridized carbons (Fsp3) is 0.556. The zero-order valence-corrected chi connectivity index (χ0v) is 11.1. The number of thioether (sulfide) groups is 1. The number of carbonyl (C=O) groups excluding carboxylic acids is 1. The maximum atomic E-state index is 11.7. The Morgan fingerprint density at radius 1 is 1.39 bits per heavy atom. The summed E-state index contributed by atoms with van der Waals surface area (Å²) < 4.78 is 0.536. The summed E-state index contributed by atoms with van der Waals surface area (Å²) in [4.78, 5) is 23.9. The second kappa shape index (κ2) is 6.01. The van der Waals surface area contributed by atoms with Crippen molar-refractivity contribution in [2.24, 2.45) is 0 Å². The smallest absolute Gasteiger partial charge is 0.323 e. The van der Waals surface area contributed by atoms with Gasteiger partial charge in [0.05, 0.1) is 5.75 Å². The first-order valence-electron chi connectivity index (χ1n) is 5.39. The number of hydrogen-bond acceptors (Lipinski definition) is 6. The molecule has 0 spiro atoms. The quantitative estimate of drug-likeness (QED) is 0.641. The number of carbonyl (C=O) groups is 2. The van der Waals surface area contributed by atoms with Crippen LogP contribution in [0.4, 0.5) is 9.93 Å². The second-order valence-electron chi connectivity index (χ2n) is 3.68. The molecular weight excluding hydrogens is 276 g/mol. The van der Waals surface area contributed by atoms with E-state index < -0.39 is 5.97 Å². The van der Waals surface area contributed by atoms with Gasteiger partial charge in [-0.1, -0.05) is 23.1 Å². The van der Waals surface area contributed by atoms with Gasteiger partial charge in [0.25, 0.3) is 0 Å². The van der Waals surface area contributed by atoms with Gasteiger partial charge in [0.15, 0.2) is 4.34 Å². The molecule has 9 heteroatoms. The molecule has 2 heterocycles. The Morgan fingerprint density at radius 3 is 2.78 bits per heavy atom. The lowest BCUT2D eigenvalue weighted by molar-refractivity contribution is -0.133. The number of carboxylic acids is 1. The fourth-order valence-electron chi connectivity index (χ4n) is 1.53. The van der Waals surface area contributed by atoms with Crippen LogP contribution in [0.5, 0.6) is 0 Å². The van der Waals surface area contributed by atoms with Crippen molar-refractivity contribution < 1.29 is 14.7 Å². The van der Waals surface area contributed by atoms with Gasteiger partial charge in [-0.2, -0.15) is 0 Å². The van der Waals surface area contributed by atoms with E-state index in [1.807, 2.05) is 0 Å². The van der Waals surface area contributed by atoms with E-state index in [2.05, 4.69) is 15.5 Å². The molecule has 1 saturated heterocycles. The van der Waals surface area contributed by atoms with Crippen LogP contribution in [0.2, 0.25) is 0 Å². The third-order valence-electron chi connectivity index (χ3n) is 2.33. The van der Waals surface area contributed by atoms with E-state index in [-0.39, 0.29) is 11.8 Å². The van der Waals surface area contributed by atoms with E-state index >= 15 is 0 Å². The Balaban J connectivity index is 1.85. The average molecular weight is 288 g/mol. The standard InChI is InChI=1S/C9H12N4O3S2/c14-6(15)5-17-9-12-11-7(18-9)10-8(16)13-3-1-2-4-13/h1-5H2,(H,14,15)(H,10,11,16). The van der Waals surface area contributed by atoms with Crippen LogP contribution in [0.1, 0.15) is 12.8 Å². The van der Waals surface area contributed by atoms with Crippen LogP contribution in [0.3, 0.4) is 0 Å². The SMILES string of the molecule is O=C(O)CSc1nnc(NC(=O)N2CCCC2)s1. The number of rotatable bonds is 4. The third-order valence-corrected chi connectivity index (χ3v) is 4.29. The molecule has 0 radical (unpaired) electrons. The zero-order chi connectivity index (χ0) is 13.0. The first-order valence-corrected chi connectivity index (χ1v) is 7.19. The minimum absolute atomic E-state index is 0.0608. The van der Waals surface area contributed by atoms with Gasteiger partial charge in [-0.3, -0.25) is 10.1 Å². The normalized spacial score (nSPS) is 14.8. The minimum Gasteiger partial charge on any atom is -0.481 e. The summed E-state index contributed by atoms with van der Waals surface area (Å²) >= 11 is 2.27. The molecule has 0 bridgehead atoms. The lowest BCUT2D eigenvalue weighted by atomic mass is 10.4. The summed E-state index contributed by atoms with van der Waals surface area (Å²) in [5.41, 5.74) is 0. The van der Waals surface area contributed by atoms with Gasteiger partial charge in [0.2, 0.25) is 5.13 Å². The van der Waals surface area contributed by atoms with Gasteiger partial charge in [-0.25, -0.2) is 4.79 Å². The van der Waals surface area contributed by atoms with Crippen molar-refractivity contribution in [2.45, 2.75) is 17.2 Å². The van der Waals surface area contributed by atoms with Crippen LogP contribution in [0, 0.1) is 0 Å². The molecule has 0 atom stereocenters. The largest absolute Gasteiger partial charge is 0.481 e. The molecule has 0 aromatic carbocycles. The molecule has 1 aliphatic heterocycles. The van der Waals surface area contributed by atoms with E-state index in [4.69, 9.17) is 5.11 Å². The molecule has 1 aromatic rings. The maximum Gasteiger partial charge on any atom is 0.323 e. The van der Waals surface area contributed by atoms with E-state index in [9.17, 15) is 9.59 Å². The molecule has 2 N–H and O–H groups in total. The van der Waals surface area contributed by atoms with Crippen molar-refractivity contribution in [1.82, 2.24) is 15.1 Å². The highest BCUT2D eigenvalue weighted by Crippen LogP contribution is 2.25. The van der Waals surface area contributed by atoms with Crippen LogP contribution in [0.15, 0.2) is 4.34 Å². The number of aromatic nitrogens is 2. The van der Waals surface area contributed by atoms with E-state index in [0.29, 0.717) is 9.47 Å². The van der Waals surface area contributed by atoms with Crippen molar-refractivity contribution in [3.05, 3.63) is 0 Å². The monoisotopic (exact) mass is 288 g/mol. The summed E-state index contributed by atoms with van der Waals surface area (Å²) in [6.07, 6.45) is 2.06. The molecule has 98 valence electrons. The van der Waals surface area contributed by atoms with Crippen LogP contribution in [0.25, 0.3) is 0 Å². The highest BCUT2D eigenvalue weighted by molar-refractivity contribution is 8.01.